The van der Waals surface area contributed by atoms with Gasteiger partial charge in [0.05, 0.1) is 5.39 Å². The van der Waals surface area contributed by atoms with Crippen LogP contribution in [-0.4, -0.2) is 41.9 Å². The average Bonchev–Trinajstić information content (AvgIpc) is 3.19. The number of furan rings is 1. The molecule has 1 aliphatic heterocycles. The number of rotatable bonds is 3. The summed E-state index contributed by atoms with van der Waals surface area (Å²) in [6.07, 6.45) is 0. The Labute approximate surface area is 166 Å². The summed E-state index contributed by atoms with van der Waals surface area (Å²) in [6, 6.07) is 18.8. The molecule has 29 heavy (non-hydrogen) atoms. The number of para-hydroxylation sites is 1. The van der Waals surface area contributed by atoms with Gasteiger partial charge in [-0.2, -0.15) is 0 Å². The molecule has 0 radical (unpaired) electrons. The maximum atomic E-state index is 12.9. The lowest BCUT2D eigenvalue weighted by Crippen LogP contribution is -2.48. The maximum absolute atomic E-state index is 12.9. The molecule has 3 heterocycles. The van der Waals surface area contributed by atoms with E-state index in [4.69, 9.17) is 8.83 Å². The Morgan fingerprint density at radius 2 is 1.59 bits per heavy atom. The van der Waals surface area contributed by atoms with Crippen LogP contribution in [0.5, 0.6) is 0 Å². The van der Waals surface area contributed by atoms with Crippen LogP contribution in [0.2, 0.25) is 0 Å². The van der Waals surface area contributed by atoms with Crippen LogP contribution in [0, 0.1) is 0 Å². The Morgan fingerprint density at radius 1 is 0.862 bits per heavy atom. The van der Waals surface area contributed by atoms with Crippen LogP contribution in [0.15, 0.2) is 74.3 Å². The molecule has 2 aromatic heterocycles. The van der Waals surface area contributed by atoms with E-state index in [0.29, 0.717) is 29.4 Å². The van der Waals surface area contributed by atoms with Crippen LogP contribution < -0.4 is 5.43 Å². The molecule has 0 spiro atoms. The van der Waals surface area contributed by atoms with E-state index in [1.807, 2.05) is 18.2 Å². The highest BCUT2D eigenvalue weighted by Crippen LogP contribution is 2.23. The number of hydrogen-bond donors (Lipinski definition) is 0. The minimum absolute atomic E-state index is 0.0970. The predicted octanol–water partition coefficient (Wildman–Crippen LogP) is 3.50. The van der Waals surface area contributed by atoms with Gasteiger partial charge in [0.15, 0.2) is 5.76 Å². The molecule has 146 valence electrons. The van der Waals surface area contributed by atoms with Gasteiger partial charge in [-0.05, 0) is 17.7 Å². The third-order valence-electron chi connectivity index (χ3n) is 5.40. The van der Waals surface area contributed by atoms with E-state index in [1.165, 1.54) is 11.6 Å². The fourth-order valence-electron chi connectivity index (χ4n) is 3.81. The molecule has 6 heteroatoms. The van der Waals surface area contributed by atoms with Gasteiger partial charge in [0, 0.05) is 38.8 Å². The average molecular weight is 388 g/mol. The highest BCUT2D eigenvalue weighted by molar-refractivity contribution is 5.97. The van der Waals surface area contributed by atoms with E-state index in [9.17, 15) is 9.59 Å². The minimum Gasteiger partial charge on any atom is -0.425 e. The second-order valence-corrected chi connectivity index (χ2v) is 7.29. The summed E-state index contributed by atoms with van der Waals surface area (Å²) in [7, 11) is 0. The molecule has 0 N–H and O–H groups in total. The first kappa shape index (κ1) is 17.7. The molecule has 0 bridgehead atoms. The second kappa shape index (κ2) is 7.22. The molecule has 0 aliphatic carbocycles. The molecule has 1 saturated heterocycles. The number of amides is 1. The zero-order valence-corrected chi connectivity index (χ0v) is 15.8. The Bertz CT molecular complexity index is 1230. The summed E-state index contributed by atoms with van der Waals surface area (Å²) in [4.78, 5) is 29.7. The quantitative estimate of drug-likeness (QED) is 0.537. The summed E-state index contributed by atoms with van der Waals surface area (Å²) in [6.45, 7) is 3.69. The van der Waals surface area contributed by atoms with Crippen LogP contribution in [0.3, 0.4) is 0 Å². The largest absolute Gasteiger partial charge is 0.425 e. The van der Waals surface area contributed by atoms with Gasteiger partial charge < -0.3 is 13.7 Å². The zero-order valence-electron chi connectivity index (χ0n) is 15.8. The lowest BCUT2D eigenvalue weighted by Gasteiger charge is -2.34. The summed E-state index contributed by atoms with van der Waals surface area (Å²) < 4.78 is 11.3. The van der Waals surface area contributed by atoms with Gasteiger partial charge in [-0.15, -0.1) is 0 Å². The highest BCUT2D eigenvalue weighted by atomic mass is 16.5. The van der Waals surface area contributed by atoms with Gasteiger partial charge in [-0.1, -0.05) is 42.5 Å². The predicted molar refractivity (Wildman–Crippen MR) is 110 cm³/mol. The molecule has 0 saturated carbocycles. The first-order valence-corrected chi connectivity index (χ1v) is 9.70. The molecular weight excluding hydrogens is 368 g/mol. The molecule has 0 atom stereocenters. The van der Waals surface area contributed by atoms with E-state index >= 15 is 0 Å². The highest BCUT2D eigenvalue weighted by Gasteiger charge is 2.26. The number of fused-ring (bicyclic) bond motifs is 2. The van der Waals surface area contributed by atoms with E-state index in [1.54, 1.807) is 29.2 Å². The van der Waals surface area contributed by atoms with E-state index in [-0.39, 0.29) is 22.9 Å². The first-order valence-electron chi connectivity index (χ1n) is 9.70. The number of benzene rings is 2. The fourth-order valence-corrected chi connectivity index (χ4v) is 3.81. The van der Waals surface area contributed by atoms with Gasteiger partial charge >= 0.3 is 5.78 Å². The maximum Gasteiger partial charge on any atom is 0.302 e. The van der Waals surface area contributed by atoms with Crippen molar-refractivity contribution in [2.75, 3.05) is 26.2 Å². The van der Waals surface area contributed by atoms with Gasteiger partial charge in [-0.25, -0.2) is 0 Å². The molecule has 5 rings (SSSR count). The van der Waals surface area contributed by atoms with Gasteiger partial charge in [0.1, 0.15) is 11.0 Å². The van der Waals surface area contributed by atoms with E-state index in [0.717, 1.165) is 19.6 Å². The smallest absolute Gasteiger partial charge is 0.302 e. The van der Waals surface area contributed by atoms with Crippen LogP contribution in [0.25, 0.3) is 22.1 Å². The van der Waals surface area contributed by atoms with Gasteiger partial charge in [0.25, 0.3) is 5.91 Å². The van der Waals surface area contributed by atoms with Crippen LogP contribution >= 0.6 is 0 Å². The second-order valence-electron chi connectivity index (χ2n) is 7.29. The number of carbonyl (C=O) groups is 1. The Morgan fingerprint density at radius 3 is 2.38 bits per heavy atom. The fraction of sp³-hybridized carbons (Fsp3) is 0.217. The number of nitrogens with zero attached hydrogens (tertiary/aromatic N) is 2. The summed E-state index contributed by atoms with van der Waals surface area (Å²) >= 11 is 0. The number of hydrogen-bond acceptors (Lipinski definition) is 5. The van der Waals surface area contributed by atoms with E-state index < -0.39 is 0 Å². The molecular formula is C23H20N2O4. The van der Waals surface area contributed by atoms with Gasteiger partial charge in [-0.3, -0.25) is 14.5 Å². The van der Waals surface area contributed by atoms with Crippen molar-refractivity contribution in [2.45, 2.75) is 6.54 Å². The monoisotopic (exact) mass is 388 g/mol. The third-order valence-corrected chi connectivity index (χ3v) is 5.40. The molecule has 1 amide bonds. The van der Waals surface area contributed by atoms with Gasteiger partial charge in [0.2, 0.25) is 5.43 Å². The number of piperazine rings is 1. The first-order chi connectivity index (χ1) is 14.2. The van der Waals surface area contributed by atoms with E-state index in [2.05, 4.69) is 17.0 Å². The third kappa shape index (κ3) is 3.32. The van der Waals surface area contributed by atoms with Crippen LogP contribution in [0.1, 0.15) is 16.1 Å². The Hall–Kier alpha value is -3.38. The van der Waals surface area contributed by atoms with Crippen molar-refractivity contribution in [3.05, 3.63) is 82.2 Å². The number of carbonyl (C=O) groups excluding carboxylic acids is 1. The molecule has 2 aromatic carbocycles. The van der Waals surface area contributed by atoms with Crippen LogP contribution in [0.4, 0.5) is 0 Å². The van der Waals surface area contributed by atoms with Crippen molar-refractivity contribution in [1.29, 1.82) is 0 Å². The van der Waals surface area contributed by atoms with Crippen molar-refractivity contribution >= 4 is 28.0 Å². The summed E-state index contributed by atoms with van der Waals surface area (Å²) in [5.41, 5.74) is 1.53. The molecule has 6 nitrogen and oxygen atoms in total. The topological polar surface area (TPSA) is 66.9 Å². The van der Waals surface area contributed by atoms with Crippen molar-refractivity contribution in [2.24, 2.45) is 0 Å². The lowest BCUT2D eigenvalue weighted by atomic mass is 10.2. The molecule has 1 fully saturated rings. The minimum atomic E-state index is -0.209. The van der Waals surface area contributed by atoms with Crippen LogP contribution in [-0.2, 0) is 6.54 Å². The summed E-state index contributed by atoms with van der Waals surface area (Å²) in [5, 5.41) is 0.782. The van der Waals surface area contributed by atoms with Crippen molar-refractivity contribution in [3.8, 4) is 0 Å². The van der Waals surface area contributed by atoms with Crippen molar-refractivity contribution in [1.82, 2.24) is 9.80 Å². The SMILES string of the molecule is O=C(c1cc2c(=O)c3ccccc3oc2o1)N1CCN(Cc2ccccc2)CC1. The zero-order chi connectivity index (χ0) is 19.8. The standard InChI is InChI=1S/C23H20N2O4/c26-21-17-8-4-5-9-19(17)28-23-18(21)14-20(29-23)22(27)25-12-10-24(11-13-25)15-16-6-2-1-3-7-16/h1-9,14H,10-13,15H2. The Balaban J connectivity index is 1.33. The van der Waals surface area contributed by atoms with Crippen molar-refractivity contribution in [3.63, 3.8) is 0 Å². The Kier molecular flexibility index (Phi) is 4.41. The normalized spacial score (nSPS) is 15.2. The lowest BCUT2D eigenvalue weighted by molar-refractivity contribution is 0.0598. The summed E-state index contributed by atoms with van der Waals surface area (Å²) in [5.74, 6) is 0.0339. The molecule has 0 unspecified atom stereocenters. The molecule has 4 aromatic rings. The van der Waals surface area contributed by atoms with Crippen molar-refractivity contribution < 1.29 is 13.6 Å². The molecule has 1 aliphatic rings.